The topological polar surface area (TPSA) is 93.7 Å². The lowest BCUT2D eigenvalue weighted by Crippen LogP contribution is -2.32. The molecule has 1 N–H and O–H groups in total. The maximum absolute atomic E-state index is 11.2. The molecule has 0 aliphatic carbocycles. The van der Waals surface area contributed by atoms with E-state index in [0.29, 0.717) is 37.8 Å². The monoisotopic (exact) mass is 272 g/mol. The summed E-state index contributed by atoms with van der Waals surface area (Å²) in [4.78, 5) is 12.5. The Labute approximate surface area is 111 Å². The van der Waals surface area contributed by atoms with Crippen LogP contribution in [0.1, 0.15) is 12.6 Å². The predicted octanol–water partition coefficient (Wildman–Crippen LogP) is 0.565. The van der Waals surface area contributed by atoms with E-state index in [1.54, 1.807) is 23.6 Å². The molecule has 0 aromatic carbocycles. The van der Waals surface area contributed by atoms with E-state index in [9.17, 15) is 10.1 Å². The molecular formula is C11H20N4O4. The average Bonchev–Trinajstić information content (AvgIpc) is 2.71. The first-order valence-electron chi connectivity index (χ1n) is 6.13. The average molecular weight is 272 g/mol. The van der Waals surface area contributed by atoms with Crippen molar-refractivity contribution in [3.8, 4) is 0 Å². The van der Waals surface area contributed by atoms with Crippen LogP contribution in [0.3, 0.4) is 0 Å². The van der Waals surface area contributed by atoms with Crippen LogP contribution in [0.4, 0.5) is 11.5 Å². The zero-order chi connectivity index (χ0) is 14.4. The number of rotatable bonds is 8. The number of nitro groups is 1. The molecule has 0 saturated carbocycles. The van der Waals surface area contributed by atoms with Crippen molar-refractivity contribution in [2.75, 3.05) is 38.3 Å². The summed E-state index contributed by atoms with van der Waals surface area (Å²) in [5.41, 5.74) is 0.369. The van der Waals surface area contributed by atoms with Gasteiger partial charge in [0.25, 0.3) is 0 Å². The van der Waals surface area contributed by atoms with Crippen LogP contribution in [0.15, 0.2) is 0 Å². The van der Waals surface area contributed by atoms with Crippen molar-refractivity contribution >= 4 is 11.5 Å². The van der Waals surface area contributed by atoms with Gasteiger partial charge in [0.1, 0.15) is 5.69 Å². The van der Waals surface area contributed by atoms with Crippen LogP contribution in [-0.4, -0.2) is 53.2 Å². The Morgan fingerprint density at radius 1 is 1.53 bits per heavy atom. The van der Waals surface area contributed by atoms with Crippen molar-refractivity contribution in [2.45, 2.75) is 20.4 Å². The summed E-state index contributed by atoms with van der Waals surface area (Å²) in [5.74, 6) is 0.427. The van der Waals surface area contributed by atoms with Crippen LogP contribution >= 0.6 is 0 Å². The Kier molecular flexibility index (Phi) is 5.71. The van der Waals surface area contributed by atoms with Crippen molar-refractivity contribution in [2.24, 2.45) is 0 Å². The number of hydrogen-bond acceptors (Lipinski definition) is 6. The molecular weight excluding hydrogens is 252 g/mol. The SMILES string of the molecule is CCn1nc(C)c([N+](=O)[O-])c1N(CCO)CCOC. The number of hydrogen-bond donors (Lipinski definition) is 1. The number of aliphatic hydroxyl groups is 1. The van der Waals surface area contributed by atoms with Gasteiger partial charge in [-0.25, -0.2) is 4.68 Å². The van der Waals surface area contributed by atoms with E-state index in [1.165, 1.54) is 0 Å². The van der Waals surface area contributed by atoms with Gasteiger partial charge in [0.2, 0.25) is 5.82 Å². The first-order chi connectivity index (χ1) is 9.06. The van der Waals surface area contributed by atoms with Gasteiger partial charge >= 0.3 is 5.69 Å². The van der Waals surface area contributed by atoms with Crippen LogP contribution in [0, 0.1) is 17.0 Å². The number of aliphatic hydroxyl groups excluding tert-OH is 1. The quantitative estimate of drug-likeness (QED) is 0.549. The molecule has 0 bridgehead atoms. The van der Waals surface area contributed by atoms with E-state index < -0.39 is 4.92 Å². The van der Waals surface area contributed by atoms with E-state index in [-0.39, 0.29) is 12.3 Å². The molecule has 1 aromatic heterocycles. The number of anilines is 1. The second-order valence-electron chi connectivity index (χ2n) is 4.03. The van der Waals surface area contributed by atoms with E-state index in [0.717, 1.165) is 0 Å². The molecule has 0 amide bonds. The van der Waals surface area contributed by atoms with Gasteiger partial charge in [0.15, 0.2) is 0 Å². The van der Waals surface area contributed by atoms with Gasteiger partial charge in [-0.15, -0.1) is 0 Å². The third kappa shape index (κ3) is 3.42. The van der Waals surface area contributed by atoms with Crippen molar-refractivity contribution in [1.29, 1.82) is 0 Å². The molecule has 0 unspecified atom stereocenters. The predicted molar refractivity (Wildman–Crippen MR) is 70.5 cm³/mol. The van der Waals surface area contributed by atoms with Crippen molar-refractivity contribution < 1.29 is 14.8 Å². The Morgan fingerprint density at radius 2 is 2.21 bits per heavy atom. The Balaban J connectivity index is 3.21. The second-order valence-corrected chi connectivity index (χ2v) is 4.03. The zero-order valence-corrected chi connectivity index (χ0v) is 11.5. The lowest BCUT2D eigenvalue weighted by atomic mass is 10.3. The molecule has 0 spiro atoms. The smallest absolute Gasteiger partial charge is 0.333 e. The molecule has 0 radical (unpaired) electrons. The van der Waals surface area contributed by atoms with Gasteiger partial charge in [0.05, 0.1) is 18.1 Å². The number of nitrogens with zero attached hydrogens (tertiary/aromatic N) is 4. The molecule has 1 rings (SSSR count). The van der Waals surface area contributed by atoms with Gasteiger partial charge in [-0.05, 0) is 13.8 Å². The van der Waals surface area contributed by atoms with Gasteiger partial charge in [0, 0.05) is 26.7 Å². The Morgan fingerprint density at radius 3 is 2.68 bits per heavy atom. The molecule has 108 valence electrons. The van der Waals surface area contributed by atoms with Crippen molar-refractivity contribution in [3.63, 3.8) is 0 Å². The van der Waals surface area contributed by atoms with E-state index in [4.69, 9.17) is 9.84 Å². The number of methoxy groups -OCH3 is 1. The largest absolute Gasteiger partial charge is 0.395 e. The highest BCUT2D eigenvalue weighted by Gasteiger charge is 2.28. The summed E-state index contributed by atoms with van der Waals surface area (Å²) >= 11 is 0. The minimum Gasteiger partial charge on any atom is -0.395 e. The summed E-state index contributed by atoms with van der Waals surface area (Å²) in [6, 6.07) is 0. The summed E-state index contributed by atoms with van der Waals surface area (Å²) in [5, 5.41) is 24.5. The molecule has 1 aromatic rings. The molecule has 0 saturated heterocycles. The fourth-order valence-corrected chi connectivity index (χ4v) is 1.95. The molecule has 19 heavy (non-hydrogen) atoms. The summed E-state index contributed by atoms with van der Waals surface area (Å²) in [6.45, 7) is 5.10. The standard InChI is InChI=1S/C11H20N4O4/c1-4-14-11(10(15(17)18)9(2)12-14)13(5-7-16)6-8-19-3/h16H,4-8H2,1-3H3. The highest BCUT2D eigenvalue weighted by atomic mass is 16.6. The first kappa shape index (κ1) is 15.4. The molecule has 0 atom stereocenters. The molecule has 8 heteroatoms. The van der Waals surface area contributed by atoms with Gasteiger partial charge in [-0.3, -0.25) is 10.1 Å². The van der Waals surface area contributed by atoms with E-state index in [2.05, 4.69) is 5.10 Å². The summed E-state index contributed by atoms with van der Waals surface area (Å²) < 4.78 is 6.58. The second kappa shape index (κ2) is 7.05. The Hall–Kier alpha value is -1.67. The fraction of sp³-hybridized carbons (Fsp3) is 0.727. The van der Waals surface area contributed by atoms with Crippen LogP contribution in [0.2, 0.25) is 0 Å². The number of ether oxygens (including phenoxy) is 1. The third-order valence-electron chi connectivity index (χ3n) is 2.79. The number of aromatic nitrogens is 2. The van der Waals surface area contributed by atoms with Crippen LogP contribution in [0.5, 0.6) is 0 Å². The molecule has 8 nitrogen and oxygen atoms in total. The molecule has 1 heterocycles. The van der Waals surface area contributed by atoms with Crippen LogP contribution < -0.4 is 4.90 Å². The third-order valence-corrected chi connectivity index (χ3v) is 2.79. The lowest BCUT2D eigenvalue weighted by molar-refractivity contribution is -0.384. The fourth-order valence-electron chi connectivity index (χ4n) is 1.95. The summed E-state index contributed by atoms with van der Waals surface area (Å²) in [7, 11) is 1.56. The van der Waals surface area contributed by atoms with Crippen LogP contribution in [0.25, 0.3) is 0 Å². The molecule has 0 aliphatic rings. The maximum atomic E-state index is 11.2. The molecule has 0 fully saturated rings. The van der Waals surface area contributed by atoms with Gasteiger partial charge < -0.3 is 14.7 Å². The minimum atomic E-state index is -0.430. The highest BCUT2D eigenvalue weighted by Crippen LogP contribution is 2.31. The maximum Gasteiger partial charge on any atom is 0.333 e. The van der Waals surface area contributed by atoms with Crippen LogP contribution in [-0.2, 0) is 11.3 Å². The zero-order valence-electron chi connectivity index (χ0n) is 11.5. The van der Waals surface area contributed by atoms with Gasteiger partial charge in [-0.1, -0.05) is 0 Å². The Bertz CT molecular complexity index is 433. The molecule has 0 aliphatic heterocycles. The van der Waals surface area contributed by atoms with Crippen molar-refractivity contribution in [3.05, 3.63) is 15.8 Å². The first-order valence-corrected chi connectivity index (χ1v) is 6.13. The lowest BCUT2D eigenvalue weighted by Gasteiger charge is -2.23. The van der Waals surface area contributed by atoms with Crippen molar-refractivity contribution in [1.82, 2.24) is 9.78 Å². The normalized spacial score (nSPS) is 10.7. The highest BCUT2D eigenvalue weighted by molar-refractivity contribution is 5.61. The number of aryl methyl sites for hydroxylation is 2. The van der Waals surface area contributed by atoms with Gasteiger partial charge in [-0.2, -0.15) is 5.10 Å². The van der Waals surface area contributed by atoms with E-state index >= 15 is 0 Å². The van der Waals surface area contributed by atoms with E-state index in [1.807, 2.05) is 6.92 Å². The summed E-state index contributed by atoms with van der Waals surface area (Å²) in [6.07, 6.45) is 0. The minimum absolute atomic E-state index is 0.00796.